The second kappa shape index (κ2) is 6.94. The van der Waals surface area contributed by atoms with Crippen LogP contribution in [0.15, 0.2) is 18.2 Å². The monoisotopic (exact) mass is 311 g/mol. The Bertz CT molecular complexity index is 535. The third kappa shape index (κ3) is 6.17. The molecule has 0 saturated heterocycles. The minimum Gasteiger partial charge on any atom is -0.444 e. The summed E-state index contributed by atoms with van der Waals surface area (Å²) in [6.07, 6.45) is -0.342. The summed E-state index contributed by atoms with van der Waals surface area (Å²) in [5.41, 5.74) is 1.22. The van der Waals surface area contributed by atoms with Crippen molar-refractivity contribution in [2.24, 2.45) is 0 Å². The van der Waals surface area contributed by atoms with Gasteiger partial charge in [-0.25, -0.2) is 4.79 Å². The van der Waals surface area contributed by atoms with Gasteiger partial charge in [-0.2, -0.15) is 0 Å². The number of aryl methyl sites for hydroxylation is 1. The molecule has 1 N–H and O–H groups in total. The number of ketones is 1. The first-order chi connectivity index (χ1) is 9.58. The lowest BCUT2D eigenvalue weighted by molar-refractivity contribution is -0.120. The van der Waals surface area contributed by atoms with Gasteiger partial charge in [0.25, 0.3) is 0 Å². The van der Waals surface area contributed by atoms with E-state index in [2.05, 4.69) is 5.32 Å². The van der Waals surface area contributed by atoms with Gasteiger partial charge in [0.2, 0.25) is 0 Å². The van der Waals surface area contributed by atoms with Crippen LogP contribution in [-0.2, 0) is 16.0 Å². The first kappa shape index (κ1) is 17.5. The third-order valence-corrected chi connectivity index (χ3v) is 3.24. The minimum absolute atomic E-state index is 0.0809. The minimum atomic E-state index is -0.601. The molecule has 1 atom stereocenters. The number of Topliss-reactive ketones (excluding diaryl/α,β-unsaturated/α-hetero) is 1. The first-order valence-electron chi connectivity index (χ1n) is 6.86. The molecule has 1 aromatic carbocycles. The normalized spacial score (nSPS) is 12.7. The van der Waals surface area contributed by atoms with Crippen LogP contribution in [0.2, 0.25) is 5.02 Å². The number of carbonyl (C=O) groups excluding carboxylic acids is 2. The Morgan fingerprint density at radius 3 is 2.48 bits per heavy atom. The average Bonchev–Trinajstić information content (AvgIpc) is 2.31. The number of nitrogens with one attached hydrogen (secondary N) is 1. The molecule has 0 bridgehead atoms. The van der Waals surface area contributed by atoms with E-state index in [-0.39, 0.29) is 12.2 Å². The van der Waals surface area contributed by atoms with Crippen molar-refractivity contribution >= 4 is 23.5 Å². The van der Waals surface area contributed by atoms with Crippen LogP contribution in [-0.4, -0.2) is 23.5 Å². The smallest absolute Gasteiger partial charge is 0.408 e. The molecule has 0 fully saturated rings. The van der Waals surface area contributed by atoms with E-state index in [1.165, 1.54) is 0 Å². The van der Waals surface area contributed by atoms with Crippen LogP contribution in [0.3, 0.4) is 0 Å². The predicted molar refractivity (Wildman–Crippen MR) is 83.7 cm³/mol. The summed E-state index contributed by atoms with van der Waals surface area (Å²) < 4.78 is 5.12. The molecular weight excluding hydrogens is 290 g/mol. The van der Waals surface area contributed by atoms with Crippen LogP contribution in [0.25, 0.3) is 0 Å². The van der Waals surface area contributed by atoms with Crippen LogP contribution in [0.4, 0.5) is 4.79 Å². The van der Waals surface area contributed by atoms with E-state index in [1.54, 1.807) is 33.8 Å². The summed E-state index contributed by atoms with van der Waals surface area (Å²) in [6, 6.07) is 4.86. The molecule has 21 heavy (non-hydrogen) atoms. The van der Waals surface area contributed by atoms with E-state index in [1.807, 2.05) is 19.1 Å². The molecule has 1 amide bonds. The van der Waals surface area contributed by atoms with Crippen molar-refractivity contribution in [3.8, 4) is 0 Å². The molecule has 0 radical (unpaired) electrons. The van der Waals surface area contributed by atoms with Crippen molar-refractivity contribution in [3.63, 3.8) is 0 Å². The van der Waals surface area contributed by atoms with Crippen molar-refractivity contribution in [3.05, 3.63) is 34.3 Å². The number of rotatable bonds is 4. The second-order valence-corrected chi connectivity index (χ2v) is 6.50. The number of alkyl carbamates (subject to hydrolysis) is 1. The lowest BCUT2D eigenvalue weighted by Gasteiger charge is -2.21. The highest BCUT2D eigenvalue weighted by Crippen LogP contribution is 2.17. The van der Waals surface area contributed by atoms with E-state index >= 15 is 0 Å². The van der Waals surface area contributed by atoms with Crippen molar-refractivity contribution in [1.29, 1.82) is 0 Å². The molecule has 0 spiro atoms. The maximum atomic E-state index is 12.1. The zero-order valence-corrected chi connectivity index (χ0v) is 13.9. The van der Waals surface area contributed by atoms with Crippen molar-refractivity contribution in [1.82, 2.24) is 5.32 Å². The number of hydrogen-bond donors (Lipinski definition) is 1. The zero-order chi connectivity index (χ0) is 16.2. The van der Waals surface area contributed by atoms with E-state index in [4.69, 9.17) is 16.3 Å². The highest BCUT2D eigenvalue weighted by atomic mass is 35.5. The van der Waals surface area contributed by atoms with Gasteiger partial charge in [-0.1, -0.05) is 23.7 Å². The topological polar surface area (TPSA) is 55.4 Å². The van der Waals surface area contributed by atoms with Gasteiger partial charge in [-0.15, -0.1) is 0 Å². The highest BCUT2D eigenvalue weighted by Gasteiger charge is 2.21. The van der Waals surface area contributed by atoms with Crippen molar-refractivity contribution in [2.75, 3.05) is 0 Å². The van der Waals surface area contributed by atoms with Crippen LogP contribution < -0.4 is 5.32 Å². The number of ether oxygens (including phenoxy) is 1. The zero-order valence-electron chi connectivity index (χ0n) is 13.1. The Morgan fingerprint density at radius 2 is 1.95 bits per heavy atom. The number of hydrogen-bond acceptors (Lipinski definition) is 3. The van der Waals surface area contributed by atoms with Crippen molar-refractivity contribution < 1.29 is 14.3 Å². The molecule has 0 aliphatic carbocycles. The van der Waals surface area contributed by atoms with E-state index < -0.39 is 17.7 Å². The molecule has 0 aliphatic heterocycles. The molecule has 0 saturated carbocycles. The van der Waals surface area contributed by atoms with Crippen LogP contribution >= 0.6 is 11.6 Å². The summed E-state index contributed by atoms with van der Waals surface area (Å²) in [5.74, 6) is -0.0809. The summed E-state index contributed by atoms with van der Waals surface area (Å²) in [4.78, 5) is 23.7. The largest absolute Gasteiger partial charge is 0.444 e. The molecule has 1 rings (SSSR count). The van der Waals surface area contributed by atoms with Crippen molar-refractivity contribution in [2.45, 2.75) is 52.7 Å². The molecule has 0 heterocycles. The summed E-state index contributed by atoms with van der Waals surface area (Å²) in [5, 5.41) is 3.22. The van der Waals surface area contributed by atoms with Gasteiger partial charge in [-0.3, -0.25) is 4.79 Å². The Morgan fingerprint density at radius 1 is 1.33 bits per heavy atom. The summed E-state index contributed by atoms with van der Waals surface area (Å²) in [6.45, 7) is 8.86. The van der Waals surface area contributed by atoms with Gasteiger partial charge >= 0.3 is 6.09 Å². The number of benzene rings is 1. The molecule has 5 heteroatoms. The maximum absolute atomic E-state index is 12.1. The summed E-state index contributed by atoms with van der Waals surface area (Å²) in [7, 11) is 0. The fourth-order valence-electron chi connectivity index (χ4n) is 1.74. The fourth-order valence-corrected chi connectivity index (χ4v) is 1.85. The van der Waals surface area contributed by atoms with Crippen LogP contribution in [0.1, 0.15) is 38.8 Å². The van der Waals surface area contributed by atoms with E-state index in [9.17, 15) is 9.59 Å². The number of halogens is 1. The van der Waals surface area contributed by atoms with E-state index in [0.29, 0.717) is 5.02 Å². The quantitative estimate of drug-likeness (QED) is 0.923. The van der Waals surface area contributed by atoms with Crippen LogP contribution in [0, 0.1) is 6.92 Å². The molecular formula is C16H22ClNO3. The lowest BCUT2D eigenvalue weighted by Crippen LogP contribution is -2.42. The number of amides is 1. The Labute approximate surface area is 130 Å². The van der Waals surface area contributed by atoms with Gasteiger partial charge in [0.15, 0.2) is 5.78 Å². The van der Waals surface area contributed by atoms with Gasteiger partial charge in [0, 0.05) is 11.4 Å². The number of carbonyl (C=O) groups is 2. The standard InChI is InChI=1S/C16H22ClNO3/c1-10-8-12(6-7-13(10)17)9-14(19)11(2)18-15(20)21-16(3,4)5/h6-8,11H,9H2,1-5H3,(H,18,20)/t11-/m0/s1. The molecule has 0 aliphatic rings. The molecule has 0 aromatic heterocycles. The van der Waals surface area contributed by atoms with Gasteiger partial charge in [-0.05, 0) is 51.8 Å². The second-order valence-electron chi connectivity index (χ2n) is 6.09. The Hall–Kier alpha value is -1.55. The molecule has 0 unspecified atom stereocenters. The van der Waals surface area contributed by atoms with Gasteiger partial charge in [0.05, 0.1) is 6.04 Å². The fraction of sp³-hybridized carbons (Fsp3) is 0.500. The third-order valence-electron chi connectivity index (χ3n) is 2.82. The van der Waals surface area contributed by atoms with Gasteiger partial charge < -0.3 is 10.1 Å². The average molecular weight is 312 g/mol. The van der Waals surface area contributed by atoms with Gasteiger partial charge in [0.1, 0.15) is 5.60 Å². The van der Waals surface area contributed by atoms with E-state index in [0.717, 1.165) is 11.1 Å². The summed E-state index contributed by atoms with van der Waals surface area (Å²) >= 11 is 5.95. The molecule has 4 nitrogen and oxygen atoms in total. The Kier molecular flexibility index (Phi) is 5.78. The molecule has 116 valence electrons. The first-order valence-corrected chi connectivity index (χ1v) is 7.23. The predicted octanol–water partition coefficient (Wildman–Crippen LogP) is 3.67. The molecule has 1 aromatic rings. The highest BCUT2D eigenvalue weighted by molar-refractivity contribution is 6.31. The lowest BCUT2D eigenvalue weighted by atomic mass is 10.0. The SMILES string of the molecule is Cc1cc(CC(=O)[C@H](C)NC(=O)OC(C)(C)C)ccc1Cl. The van der Waals surface area contributed by atoms with Crippen LogP contribution in [0.5, 0.6) is 0 Å². The Balaban J connectivity index is 2.58. The maximum Gasteiger partial charge on any atom is 0.408 e.